The first kappa shape index (κ1) is 12.9. The van der Waals surface area contributed by atoms with Crippen LogP contribution in [0, 0.1) is 11.3 Å². The fourth-order valence-electron chi connectivity index (χ4n) is 1.29. The van der Waals surface area contributed by atoms with E-state index >= 15 is 0 Å². The Morgan fingerprint density at radius 2 is 2.06 bits per heavy atom. The third kappa shape index (κ3) is 5.09. The number of ether oxygens (including phenoxy) is 1. The quantitative estimate of drug-likeness (QED) is 0.680. The van der Waals surface area contributed by atoms with Gasteiger partial charge in [-0.25, -0.2) is 0 Å². The van der Waals surface area contributed by atoms with Gasteiger partial charge in [0.05, 0.1) is 19.1 Å². The number of nitrogens with zero attached hydrogens (tertiary/aromatic N) is 1. The van der Waals surface area contributed by atoms with Crippen LogP contribution in [0.5, 0.6) is 5.75 Å². The smallest absolute Gasteiger partial charge is 0.119 e. The van der Waals surface area contributed by atoms with Crippen molar-refractivity contribution in [3.05, 3.63) is 29.8 Å². The zero-order chi connectivity index (χ0) is 11.6. The minimum Gasteiger partial charge on any atom is -0.494 e. The number of rotatable bonds is 7. The van der Waals surface area contributed by atoms with Crippen molar-refractivity contribution in [2.24, 2.45) is 0 Å². The van der Waals surface area contributed by atoms with Crippen molar-refractivity contribution in [2.45, 2.75) is 19.8 Å². The van der Waals surface area contributed by atoms with E-state index in [4.69, 9.17) is 10.00 Å². The second kappa shape index (κ2) is 8.06. The second-order valence-electron chi connectivity index (χ2n) is 3.38. The first-order valence-electron chi connectivity index (χ1n) is 5.53. The maximum Gasteiger partial charge on any atom is 0.119 e. The molecule has 0 aromatic heterocycles. The van der Waals surface area contributed by atoms with Crippen molar-refractivity contribution >= 4 is 11.8 Å². The molecule has 0 heterocycles. The first-order valence-corrected chi connectivity index (χ1v) is 6.68. The van der Waals surface area contributed by atoms with Crippen LogP contribution in [0.2, 0.25) is 0 Å². The van der Waals surface area contributed by atoms with Crippen LogP contribution in [0.1, 0.15) is 18.9 Å². The normalized spacial score (nSPS) is 9.75. The van der Waals surface area contributed by atoms with Gasteiger partial charge in [0, 0.05) is 0 Å². The molecule has 0 fully saturated rings. The van der Waals surface area contributed by atoms with Gasteiger partial charge < -0.3 is 4.74 Å². The second-order valence-corrected chi connectivity index (χ2v) is 4.77. The molecule has 0 unspecified atom stereocenters. The number of thioether (sulfide) groups is 1. The van der Waals surface area contributed by atoms with Crippen LogP contribution in [-0.4, -0.2) is 18.1 Å². The monoisotopic (exact) mass is 235 g/mol. The lowest BCUT2D eigenvalue weighted by atomic mass is 10.2. The minimum absolute atomic E-state index is 0.466. The van der Waals surface area contributed by atoms with Crippen LogP contribution in [-0.2, 0) is 6.42 Å². The zero-order valence-corrected chi connectivity index (χ0v) is 10.4. The van der Waals surface area contributed by atoms with Gasteiger partial charge in [-0.3, -0.25) is 0 Å². The van der Waals surface area contributed by atoms with Crippen LogP contribution in [0.25, 0.3) is 0 Å². The fraction of sp³-hybridized carbons (Fsp3) is 0.462. The van der Waals surface area contributed by atoms with Gasteiger partial charge >= 0.3 is 0 Å². The number of benzene rings is 1. The van der Waals surface area contributed by atoms with Gasteiger partial charge in [0.25, 0.3) is 0 Å². The molecular weight excluding hydrogens is 218 g/mol. The highest BCUT2D eigenvalue weighted by Crippen LogP contribution is 2.13. The molecule has 0 N–H and O–H groups in total. The Hall–Kier alpha value is -1.14. The minimum atomic E-state index is 0.466. The number of hydrogen-bond acceptors (Lipinski definition) is 3. The summed E-state index contributed by atoms with van der Waals surface area (Å²) in [5, 5.41) is 8.53. The van der Waals surface area contributed by atoms with E-state index in [-0.39, 0.29) is 0 Å². The van der Waals surface area contributed by atoms with Crippen molar-refractivity contribution in [2.75, 3.05) is 18.1 Å². The Kier molecular flexibility index (Phi) is 6.52. The Bertz CT molecular complexity index is 329. The van der Waals surface area contributed by atoms with Gasteiger partial charge in [0.2, 0.25) is 0 Å². The largest absolute Gasteiger partial charge is 0.494 e. The molecule has 1 aromatic rings. The molecule has 2 nitrogen and oxygen atoms in total. The summed E-state index contributed by atoms with van der Waals surface area (Å²) in [4.78, 5) is 0. The standard InChI is InChI=1S/C13H17NOS/c1-2-16-11-3-10-15-13-6-4-12(5-7-13)8-9-14/h4-7H,2-3,8,10-11H2,1H3. The molecule has 16 heavy (non-hydrogen) atoms. The van der Waals surface area contributed by atoms with E-state index in [9.17, 15) is 0 Å². The molecule has 0 saturated heterocycles. The highest BCUT2D eigenvalue weighted by molar-refractivity contribution is 7.99. The SMILES string of the molecule is CCSCCCOc1ccc(CC#N)cc1. The summed E-state index contributed by atoms with van der Waals surface area (Å²) in [6.07, 6.45) is 1.55. The molecule has 0 bridgehead atoms. The van der Waals surface area contributed by atoms with Crippen molar-refractivity contribution in [3.8, 4) is 11.8 Å². The molecule has 0 amide bonds. The zero-order valence-electron chi connectivity index (χ0n) is 9.61. The van der Waals surface area contributed by atoms with E-state index in [0.717, 1.165) is 30.1 Å². The maximum atomic E-state index is 8.53. The summed E-state index contributed by atoms with van der Waals surface area (Å²) >= 11 is 1.94. The third-order valence-electron chi connectivity index (χ3n) is 2.11. The van der Waals surface area contributed by atoms with Crippen LogP contribution in [0.15, 0.2) is 24.3 Å². The molecule has 1 rings (SSSR count). The van der Waals surface area contributed by atoms with Gasteiger partial charge in [0.1, 0.15) is 5.75 Å². The molecule has 0 saturated carbocycles. The Labute approximate surface area is 102 Å². The highest BCUT2D eigenvalue weighted by atomic mass is 32.2. The topological polar surface area (TPSA) is 33.0 Å². The third-order valence-corrected chi connectivity index (χ3v) is 3.10. The molecule has 0 aliphatic rings. The predicted octanol–water partition coefficient (Wildman–Crippen LogP) is 3.27. The molecule has 0 aliphatic carbocycles. The average molecular weight is 235 g/mol. The fourth-order valence-corrected chi connectivity index (χ4v) is 1.90. The summed E-state index contributed by atoms with van der Waals surface area (Å²) in [5.74, 6) is 3.22. The molecule has 0 aliphatic heterocycles. The van der Waals surface area contributed by atoms with Crippen LogP contribution < -0.4 is 4.74 Å². The summed E-state index contributed by atoms with van der Waals surface area (Å²) in [7, 11) is 0. The van der Waals surface area contributed by atoms with E-state index in [1.54, 1.807) is 0 Å². The van der Waals surface area contributed by atoms with E-state index in [1.807, 2.05) is 36.0 Å². The molecule has 3 heteroatoms. The first-order chi connectivity index (χ1) is 7.86. The Morgan fingerprint density at radius 1 is 1.31 bits per heavy atom. The van der Waals surface area contributed by atoms with Crippen LogP contribution in [0.4, 0.5) is 0 Å². The molecule has 0 atom stereocenters. The highest BCUT2D eigenvalue weighted by Gasteiger charge is 1.95. The summed E-state index contributed by atoms with van der Waals surface area (Å²) in [5.41, 5.74) is 1.04. The van der Waals surface area contributed by atoms with Crippen molar-refractivity contribution < 1.29 is 4.74 Å². The molecule has 0 radical (unpaired) electrons. The lowest BCUT2D eigenvalue weighted by Crippen LogP contribution is -1.98. The Morgan fingerprint density at radius 3 is 2.69 bits per heavy atom. The predicted molar refractivity (Wildman–Crippen MR) is 68.9 cm³/mol. The van der Waals surface area contributed by atoms with Crippen LogP contribution in [0.3, 0.4) is 0 Å². The Balaban J connectivity index is 2.24. The van der Waals surface area contributed by atoms with Gasteiger partial charge in [-0.15, -0.1) is 0 Å². The van der Waals surface area contributed by atoms with E-state index in [1.165, 1.54) is 5.75 Å². The van der Waals surface area contributed by atoms with E-state index < -0.39 is 0 Å². The molecule has 0 spiro atoms. The van der Waals surface area contributed by atoms with Gasteiger partial charge in [-0.05, 0) is 35.6 Å². The van der Waals surface area contributed by atoms with Crippen LogP contribution >= 0.6 is 11.8 Å². The lowest BCUT2D eigenvalue weighted by Gasteiger charge is -2.05. The maximum absolute atomic E-state index is 8.53. The molecule has 86 valence electrons. The van der Waals surface area contributed by atoms with Crippen molar-refractivity contribution in [3.63, 3.8) is 0 Å². The average Bonchev–Trinajstić information content (AvgIpc) is 2.31. The molecular formula is C13H17NOS. The molecule has 1 aromatic carbocycles. The van der Waals surface area contributed by atoms with E-state index in [2.05, 4.69) is 13.0 Å². The van der Waals surface area contributed by atoms with Crippen molar-refractivity contribution in [1.29, 1.82) is 5.26 Å². The lowest BCUT2D eigenvalue weighted by molar-refractivity contribution is 0.318. The van der Waals surface area contributed by atoms with E-state index in [0.29, 0.717) is 6.42 Å². The van der Waals surface area contributed by atoms with Crippen molar-refractivity contribution in [1.82, 2.24) is 0 Å². The van der Waals surface area contributed by atoms with Gasteiger partial charge in [-0.1, -0.05) is 19.1 Å². The number of hydrogen-bond donors (Lipinski definition) is 0. The summed E-state index contributed by atoms with van der Waals surface area (Å²) in [6, 6.07) is 9.87. The summed E-state index contributed by atoms with van der Waals surface area (Å²) < 4.78 is 5.59. The van der Waals surface area contributed by atoms with Gasteiger partial charge in [0.15, 0.2) is 0 Å². The summed E-state index contributed by atoms with van der Waals surface area (Å²) in [6.45, 7) is 2.93. The number of nitriles is 1. The van der Waals surface area contributed by atoms with Gasteiger partial charge in [-0.2, -0.15) is 17.0 Å².